The Hall–Kier alpha value is 0.120. The smallest absolute Gasteiger partial charge is 0.336 e. The maximum absolute atomic E-state index is 13.0. The first kappa shape index (κ1) is 16.5. The molecule has 1 saturated heterocycles. The van der Waals surface area contributed by atoms with Crippen molar-refractivity contribution in [2.24, 2.45) is 0 Å². The zero-order valence-corrected chi connectivity index (χ0v) is 14.7. The van der Waals surface area contributed by atoms with Gasteiger partial charge in [0.05, 0.1) is 31.2 Å². The molecule has 0 radical (unpaired) electrons. The Morgan fingerprint density at radius 1 is 1.40 bits per heavy atom. The van der Waals surface area contributed by atoms with E-state index in [0.29, 0.717) is 25.4 Å². The van der Waals surface area contributed by atoms with Gasteiger partial charge in [0.1, 0.15) is 11.9 Å². The van der Waals surface area contributed by atoms with Crippen molar-refractivity contribution in [3.8, 4) is 0 Å². The molecule has 5 nitrogen and oxygen atoms in total. The molecule has 0 amide bonds. The number of halogens is 1. The lowest BCUT2D eigenvalue weighted by Crippen LogP contribution is -2.17. The number of furan rings is 1. The minimum absolute atomic E-state index is 0.0462. The van der Waals surface area contributed by atoms with Crippen LogP contribution < -0.4 is 0 Å². The van der Waals surface area contributed by atoms with Crippen LogP contribution in [0.1, 0.15) is 32.1 Å². The molecule has 2 rings (SSSR count). The van der Waals surface area contributed by atoms with Crippen LogP contribution in [-0.4, -0.2) is 29.4 Å². The molecule has 0 N–H and O–H groups in total. The SMILES string of the molecule is CCOP(=O)(OCC)C1CC(CI)OC1c1ccco1. The van der Waals surface area contributed by atoms with Gasteiger partial charge in [0.2, 0.25) is 0 Å². The van der Waals surface area contributed by atoms with Crippen LogP contribution in [0.5, 0.6) is 0 Å². The number of alkyl halides is 1. The maximum Gasteiger partial charge on any atom is 0.336 e. The van der Waals surface area contributed by atoms with Crippen LogP contribution in [0.2, 0.25) is 0 Å². The second-order valence-electron chi connectivity index (χ2n) is 4.53. The summed E-state index contributed by atoms with van der Waals surface area (Å²) in [6.45, 7) is 4.35. The fraction of sp³-hybridized carbons (Fsp3) is 0.692. The van der Waals surface area contributed by atoms with Crippen molar-refractivity contribution < 1.29 is 22.8 Å². The largest absolute Gasteiger partial charge is 0.467 e. The fourth-order valence-corrected chi connectivity index (χ4v) is 5.23. The molecule has 0 aliphatic carbocycles. The summed E-state index contributed by atoms with van der Waals surface area (Å²) < 4.78 is 36.2. The molecular formula is C13H20IO5P. The molecule has 1 aliphatic heterocycles. The lowest BCUT2D eigenvalue weighted by molar-refractivity contribution is 0.0440. The van der Waals surface area contributed by atoms with Gasteiger partial charge in [-0.25, -0.2) is 0 Å². The molecular weight excluding hydrogens is 394 g/mol. The van der Waals surface area contributed by atoms with E-state index < -0.39 is 7.60 Å². The van der Waals surface area contributed by atoms with Crippen molar-refractivity contribution in [2.75, 3.05) is 17.6 Å². The van der Waals surface area contributed by atoms with Crippen molar-refractivity contribution in [1.82, 2.24) is 0 Å². The van der Waals surface area contributed by atoms with Crippen molar-refractivity contribution in [3.05, 3.63) is 24.2 Å². The highest BCUT2D eigenvalue weighted by atomic mass is 127. The van der Waals surface area contributed by atoms with E-state index in [0.717, 1.165) is 4.43 Å². The normalized spacial score (nSPS) is 27.1. The monoisotopic (exact) mass is 414 g/mol. The zero-order valence-electron chi connectivity index (χ0n) is 11.7. The van der Waals surface area contributed by atoms with Gasteiger partial charge < -0.3 is 18.2 Å². The third kappa shape index (κ3) is 3.47. The van der Waals surface area contributed by atoms with Crippen molar-refractivity contribution >= 4 is 30.2 Å². The van der Waals surface area contributed by atoms with Crippen molar-refractivity contribution in [1.29, 1.82) is 0 Å². The zero-order chi connectivity index (χ0) is 14.6. The van der Waals surface area contributed by atoms with Gasteiger partial charge in [-0.1, -0.05) is 22.6 Å². The number of ether oxygens (including phenoxy) is 1. The van der Waals surface area contributed by atoms with Gasteiger partial charge >= 0.3 is 7.60 Å². The van der Waals surface area contributed by atoms with E-state index in [-0.39, 0.29) is 17.9 Å². The quantitative estimate of drug-likeness (QED) is 0.381. The molecule has 20 heavy (non-hydrogen) atoms. The average molecular weight is 414 g/mol. The summed E-state index contributed by atoms with van der Waals surface area (Å²) in [5.41, 5.74) is -0.312. The van der Waals surface area contributed by atoms with E-state index in [4.69, 9.17) is 18.2 Å². The van der Waals surface area contributed by atoms with Gasteiger partial charge in [-0.3, -0.25) is 4.57 Å². The Morgan fingerprint density at radius 3 is 2.60 bits per heavy atom. The molecule has 1 aliphatic rings. The molecule has 1 aromatic rings. The van der Waals surface area contributed by atoms with Crippen LogP contribution >= 0.6 is 30.2 Å². The Bertz CT molecular complexity index is 440. The number of hydrogen-bond donors (Lipinski definition) is 0. The average Bonchev–Trinajstić information content (AvgIpc) is 3.08. The topological polar surface area (TPSA) is 57.9 Å². The maximum atomic E-state index is 13.0. The Kier molecular flexibility index (Phi) is 6.10. The first-order valence-electron chi connectivity index (χ1n) is 6.78. The number of hydrogen-bond acceptors (Lipinski definition) is 5. The Balaban J connectivity index is 2.27. The third-order valence-electron chi connectivity index (χ3n) is 3.21. The molecule has 2 heterocycles. The summed E-state index contributed by atoms with van der Waals surface area (Å²) >= 11 is 2.27. The van der Waals surface area contributed by atoms with Gasteiger partial charge in [0.15, 0.2) is 0 Å². The predicted molar refractivity (Wildman–Crippen MR) is 84.5 cm³/mol. The van der Waals surface area contributed by atoms with Crippen LogP contribution in [0.3, 0.4) is 0 Å². The van der Waals surface area contributed by atoms with E-state index in [1.165, 1.54) is 0 Å². The van der Waals surface area contributed by atoms with Crippen LogP contribution in [0.4, 0.5) is 0 Å². The van der Waals surface area contributed by atoms with Gasteiger partial charge in [-0.2, -0.15) is 0 Å². The minimum Gasteiger partial charge on any atom is -0.467 e. The van der Waals surface area contributed by atoms with Gasteiger partial charge in [-0.15, -0.1) is 0 Å². The first-order valence-corrected chi connectivity index (χ1v) is 9.92. The van der Waals surface area contributed by atoms with Crippen molar-refractivity contribution in [2.45, 2.75) is 38.1 Å². The molecule has 0 spiro atoms. The summed E-state index contributed by atoms with van der Waals surface area (Å²) in [5.74, 6) is 0.682. The molecule has 0 aromatic carbocycles. The minimum atomic E-state index is -3.20. The van der Waals surface area contributed by atoms with E-state index in [1.807, 2.05) is 19.9 Å². The van der Waals surface area contributed by atoms with Crippen LogP contribution in [0, 0.1) is 0 Å². The predicted octanol–water partition coefficient (Wildman–Crippen LogP) is 4.18. The van der Waals surface area contributed by atoms with Crippen molar-refractivity contribution in [3.63, 3.8) is 0 Å². The molecule has 3 unspecified atom stereocenters. The molecule has 7 heteroatoms. The van der Waals surface area contributed by atoms with Crippen LogP contribution in [0.25, 0.3) is 0 Å². The van der Waals surface area contributed by atoms with Crippen LogP contribution in [0.15, 0.2) is 22.8 Å². The molecule has 0 saturated carbocycles. The molecule has 114 valence electrons. The standard InChI is InChI=1S/C13H20IO5P/c1-3-17-20(15,18-4-2)12-8-10(9-14)19-13(12)11-6-5-7-16-11/h5-7,10,12-13H,3-4,8-9H2,1-2H3. The Morgan fingerprint density at radius 2 is 2.10 bits per heavy atom. The number of rotatable bonds is 7. The lowest BCUT2D eigenvalue weighted by atomic mass is 10.1. The van der Waals surface area contributed by atoms with E-state index >= 15 is 0 Å². The van der Waals surface area contributed by atoms with Gasteiger partial charge in [0, 0.05) is 4.43 Å². The molecule has 0 bridgehead atoms. The second-order valence-corrected chi connectivity index (χ2v) is 7.67. The summed E-state index contributed by atoms with van der Waals surface area (Å²) in [5, 5.41) is 0. The lowest BCUT2D eigenvalue weighted by Gasteiger charge is -2.25. The Labute approximate surface area is 133 Å². The van der Waals surface area contributed by atoms with Gasteiger partial charge in [0.25, 0.3) is 0 Å². The summed E-state index contributed by atoms with van der Waals surface area (Å²) in [6.07, 6.45) is 1.93. The second kappa shape index (κ2) is 7.40. The highest BCUT2D eigenvalue weighted by molar-refractivity contribution is 14.1. The highest BCUT2D eigenvalue weighted by Crippen LogP contribution is 2.61. The summed E-state index contributed by atoms with van der Waals surface area (Å²) in [6, 6.07) is 3.65. The van der Waals surface area contributed by atoms with Gasteiger partial charge in [-0.05, 0) is 32.4 Å². The molecule has 1 aromatic heterocycles. The summed E-state index contributed by atoms with van der Waals surface area (Å²) in [7, 11) is -3.20. The first-order chi connectivity index (χ1) is 9.64. The molecule has 1 fully saturated rings. The van der Waals surface area contributed by atoms with E-state index in [1.54, 1.807) is 12.3 Å². The van der Waals surface area contributed by atoms with Crippen LogP contribution in [-0.2, 0) is 18.3 Å². The highest BCUT2D eigenvalue weighted by Gasteiger charge is 2.49. The fourth-order valence-electron chi connectivity index (χ4n) is 2.44. The van der Waals surface area contributed by atoms with E-state index in [2.05, 4.69) is 22.6 Å². The molecule has 3 atom stereocenters. The summed E-state index contributed by atoms with van der Waals surface area (Å²) in [4.78, 5) is 0. The third-order valence-corrected chi connectivity index (χ3v) is 6.73. The van der Waals surface area contributed by atoms with E-state index in [9.17, 15) is 4.57 Å².